The van der Waals surface area contributed by atoms with E-state index in [2.05, 4.69) is 6.92 Å². The molecule has 0 saturated carbocycles. The largest absolute Gasteiger partial charge is 0.501 e. The Labute approximate surface area is 68.2 Å². The molecule has 64 valence electrons. The molecule has 11 heavy (non-hydrogen) atoms. The molecular weight excluding hydrogens is 140 g/mol. The van der Waals surface area contributed by atoms with Crippen LogP contribution < -0.4 is 0 Å². The highest BCUT2D eigenvalue weighted by atomic mass is 16.6. The lowest BCUT2D eigenvalue weighted by molar-refractivity contribution is 0.177. The Kier molecular flexibility index (Phi) is 2.94. The van der Waals surface area contributed by atoms with Gasteiger partial charge in [-0.15, -0.1) is 0 Å². The summed E-state index contributed by atoms with van der Waals surface area (Å²) < 4.78 is 10.4. The van der Waals surface area contributed by atoms with Gasteiger partial charge >= 0.3 is 0 Å². The topological polar surface area (TPSA) is 21.8 Å². The third kappa shape index (κ3) is 3.42. The molecule has 2 unspecified atom stereocenters. The first-order chi connectivity index (χ1) is 5.20. The molecule has 1 rings (SSSR count). The zero-order valence-corrected chi connectivity index (χ0v) is 7.46. The van der Waals surface area contributed by atoms with Crippen molar-refractivity contribution in [2.75, 3.05) is 13.2 Å². The predicted molar refractivity (Wildman–Crippen MR) is 44.3 cm³/mol. The Bertz CT molecular complexity index is 144. The van der Waals surface area contributed by atoms with E-state index in [-0.39, 0.29) is 0 Å². The molecule has 2 atom stereocenters. The average molecular weight is 156 g/mol. The van der Waals surface area contributed by atoms with E-state index in [1.165, 1.54) is 5.57 Å². The van der Waals surface area contributed by atoms with E-state index >= 15 is 0 Å². The van der Waals surface area contributed by atoms with Gasteiger partial charge in [-0.2, -0.15) is 0 Å². The van der Waals surface area contributed by atoms with Gasteiger partial charge in [-0.1, -0.05) is 6.92 Å². The van der Waals surface area contributed by atoms with Gasteiger partial charge in [0.1, 0.15) is 0 Å². The lowest BCUT2D eigenvalue weighted by Gasteiger charge is -2.06. The highest BCUT2D eigenvalue weighted by Crippen LogP contribution is 2.19. The number of epoxide rings is 1. The molecule has 1 heterocycles. The lowest BCUT2D eigenvalue weighted by atomic mass is 10.1. The van der Waals surface area contributed by atoms with Crippen LogP contribution in [0.1, 0.15) is 20.8 Å². The highest BCUT2D eigenvalue weighted by Gasteiger charge is 2.29. The summed E-state index contributed by atoms with van der Waals surface area (Å²) in [7, 11) is 0. The molecule has 1 saturated heterocycles. The van der Waals surface area contributed by atoms with Gasteiger partial charge in [-0.3, -0.25) is 0 Å². The van der Waals surface area contributed by atoms with Crippen molar-refractivity contribution in [3.63, 3.8) is 0 Å². The molecule has 0 amide bonds. The fourth-order valence-electron chi connectivity index (χ4n) is 0.858. The molecule has 1 fully saturated rings. The van der Waals surface area contributed by atoms with Gasteiger partial charge in [0, 0.05) is 5.92 Å². The van der Waals surface area contributed by atoms with E-state index in [9.17, 15) is 0 Å². The van der Waals surface area contributed by atoms with E-state index in [1.54, 1.807) is 6.26 Å². The first kappa shape index (κ1) is 8.60. The Hall–Kier alpha value is -0.500. The molecule has 0 aliphatic carbocycles. The van der Waals surface area contributed by atoms with Crippen LogP contribution in [0.2, 0.25) is 0 Å². The summed E-state index contributed by atoms with van der Waals surface area (Å²) in [6, 6.07) is 0. The van der Waals surface area contributed by atoms with Crippen molar-refractivity contribution >= 4 is 0 Å². The van der Waals surface area contributed by atoms with E-state index in [1.807, 2.05) is 13.8 Å². The van der Waals surface area contributed by atoms with Crippen LogP contribution in [0.25, 0.3) is 0 Å². The number of rotatable bonds is 4. The molecule has 0 spiro atoms. The van der Waals surface area contributed by atoms with Gasteiger partial charge in [0.25, 0.3) is 0 Å². The van der Waals surface area contributed by atoms with Crippen LogP contribution in [0.15, 0.2) is 11.8 Å². The minimum atomic E-state index is 0.459. The molecule has 0 bridgehead atoms. The van der Waals surface area contributed by atoms with Gasteiger partial charge in [-0.05, 0) is 19.4 Å². The van der Waals surface area contributed by atoms with Crippen LogP contribution in [-0.4, -0.2) is 19.3 Å². The molecule has 2 heteroatoms. The molecule has 0 aromatic rings. The average Bonchev–Trinajstić information content (AvgIpc) is 2.66. The van der Waals surface area contributed by atoms with Crippen molar-refractivity contribution in [1.82, 2.24) is 0 Å². The van der Waals surface area contributed by atoms with Crippen LogP contribution in [0.3, 0.4) is 0 Å². The Morgan fingerprint density at radius 2 is 2.36 bits per heavy atom. The lowest BCUT2D eigenvalue weighted by Crippen LogP contribution is -2.09. The van der Waals surface area contributed by atoms with Crippen LogP contribution in [0.5, 0.6) is 0 Å². The summed E-state index contributed by atoms with van der Waals surface area (Å²) in [6.45, 7) is 7.89. The maximum Gasteiger partial charge on any atom is 0.0924 e. The summed E-state index contributed by atoms with van der Waals surface area (Å²) in [6.07, 6.45) is 2.26. The van der Waals surface area contributed by atoms with E-state index in [0.717, 1.165) is 13.2 Å². The van der Waals surface area contributed by atoms with Gasteiger partial charge in [0.15, 0.2) is 0 Å². The van der Waals surface area contributed by atoms with Crippen LogP contribution in [0.4, 0.5) is 0 Å². The predicted octanol–water partition coefficient (Wildman–Crippen LogP) is 1.96. The second-order valence-electron chi connectivity index (χ2n) is 3.38. The summed E-state index contributed by atoms with van der Waals surface area (Å²) in [5.74, 6) is 0.533. The van der Waals surface area contributed by atoms with Gasteiger partial charge < -0.3 is 9.47 Å². The van der Waals surface area contributed by atoms with Crippen molar-refractivity contribution < 1.29 is 9.47 Å². The van der Waals surface area contributed by atoms with Crippen molar-refractivity contribution in [3.8, 4) is 0 Å². The number of hydrogen-bond donors (Lipinski definition) is 0. The Morgan fingerprint density at radius 1 is 1.73 bits per heavy atom. The molecule has 0 radical (unpaired) electrons. The molecule has 0 aromatic carbocycles. The maximum absolute atomic E-state index is 5.32. The first-order valence-corrected chi connectivity index (χ1v) is 4.06. The minimum Gasteiger partial charge on any atom is -0.501 e. The van der Waals surface area contributed by atoms with Crippen molar-refractivity contribution in [1.29, 1.82) is 0 Å². The smallest absolute Gasteiger partial charge is 0.0924 e. The molecule has 2 nitrogen and oxygen atoms in total. The van der Waals surface area contributed by atoms with E-state index in [4.69, 9.17) is 9.47 Å². The molecule has 1 aliphatic heterocycles. The zero-order valence-electron chi connectivity index (χ0n) is 7.46. The van der Waals surface area contributed by atoms with Crippen LogP contribution in [-0.2, 0) is 9.47 Å². The highest BCUT2D eigenvalue weighted by molar-refractivity contribution is 4.87. The number of hydrogen-bond acceptors (Lipinski definition) is 2. The van der Waals surface area contributed by atoms with E-state index < -0.39 is 0 Å². The minimum absolute atomic E-state index is 0.459. The van der Waals surface area contributed by atoms with Crippen molar-refractivity contribution in [2.24, 2.45) is 5.92 Å². The molecular formula is C9H16O2. The SMILES string of the molecule is CC(C)=COCC(C)C1CO1. The number of allylic oxidation sites excluding steroid dienone is 1. The third-order valence-corrected chi connectivity index (χ3v) is 1.67. The maximum atomic E-state index is 5.32. The summed E-state index contributed by atoms with van der Waals surface area (Å²) in [5, 5.41) is 0. The fourth-order valence-corrected chi connectivity index (χ4v) is 0.858. The normalized spacial score (nSPS) is 24.1. The van der Waals surface area contributed by atoms with Crippen LogP contribution >= 0.6 is 0 Å². The molecule has 0 N–H and O–H groups in total. The summed E-state index contributed by atoms with van der Waals surface area (Å²) in [4.78, 5) is 0. The monoisotopic (exact) mass is 156 g/mol. The van der Waals surface area contributed by atoms with Crippen molar-refractivity contribution in [2.45, 2.75) is 26.9 Å². The quantitative estimate of drug-likeness (QED) is 0.458. The molecule has 1 aliphatic rings. The van der Waals surface area contributed by atoms with Gasteiger partial charge in [0.2, 0.25) is 0 Å². The van der Waals surface area contributed by atoms with Gasteiger partial charge in [-0.25, -0.2) is 0 Å². The standard InChI is InChI=1S/C9H16O2/c1-7(2)4-10-5-8(3)9-6-11-9/h4,8-9H,5-6H2,1-3H3. The third-order valence-electron chi connectivity index (χ3n) is 1.67. The summed E-state index contributed by atoms with van der Waals surface area (Å²) in [5.41, 5.74) is 1.20. The van der Waals surface area contributed by atoms with E-state index in [0.29, 0.717) is 12.0 Å². The second kappa shape index (κ2) is 3.77. The zero-order chi connectivity index (χ0) is 8.27. The van der Waals surface area contributed by atoms with Gasteiger partial charge in [0.05, 0.1) is 25.6 Å². The summed E-state index contributed by atoms with van der Waals surface area (Å²) >= 11 is 0. The second-order valence-corrected chi connectivity index (χ2v) is 3.38. The number of ether oxygens (including phenoxy) is 2. The molecule has 0 aromatic heterocycles. The Morgan fingerprint density at radius 3 is 2.82 bits per heavy atom. The van der Waals surface area contributed by atoms with Crippen LogP contribution in [0, 0.1) is 5.92 Å². The Balaban J connectivity index is 2.06. The first-order valence-electron chi connectivity index (χ1n) is 4.06. The fraction of sp³-hybridized carbons (Fsp3) is 0.778. The van der Waals surface area contributed by atoms with Crippen molar-refractivity contribution in [3.05, 3.63) is 11.8 Å².